The molecule has 0 heterocycles. The Labute approximate surface area is 97.8 Å². The van der Waals surface area contributed by atoms with Crippen LogP contribution in [0, 0.1) is 17.8 Å². The summed E-state index contributed by atoms with van der Waals surface area (Å²) in [7, 11) is 2.07. The molecule has 0 aromatic heterocycles. The first-order valence-corrected chi connectivity index (χ1v) is 7.57. The third-order valence-corrected chi connectivity index (χ3v) is 6.26. The maximum absolute atomic E-state index is 3.28. The molecule has 0 atom stereocenters. The van der Waals surface area contributed by atoms with E-state index in [1.54, 1.807) is 38.5 Å². The van der Waals surface area contributed by atoms with Crippen LogP contribution >= 0.6 is 11.8 Å². The Hall–Kier alpha value is 0.310. The van der Waals surface area contributed by atoms with Gasteiger partial charge in [0.25, 0.3) is 0 Å². The lowest BCUT2D eigenvalue weighted by Gasteiger charge is -2.56. The minimum absolute atomic E-state index is 0.728. The number of thioether (sulfide) groups is 1. The van der Waals surface area contributed by atoms with E-state index in [1.165, 1.54) is 12.3 Å². The van der Waals surface area contributed by atoms with Crippen molar-refractivity contribution in [2.24, 2.45) is 17.8 Å². The van der Waals surface area contributed by atoms with E-state index in [2.05, 4.69) is 24.1 Å². The first kappa shape index (κ1) is 10.5. The zero-order valence-corrected chi connectivity index (χ0v) is 10.6. The van der Waals surface area contributed by atoms with E-state index >= 15 is 0 Å². The van der Waals surface area contributed by atoms with Gasteiger partial charge in [-0.15, -0.1) is 0 Å². The van der Waals surface area contributed by atoms with Crippen LogP contribution in [0.1, 0.15) is 38.5 Å². The summed E-state index contributed by atoms with van der Waals surface area (Å²) in [6, 6.07) is 0. The van der Waals surface area contributed by atoms with Gasteiger partial charge in [-0.2, -0.15) is 11.8 Å². The quantitative estimate of drug-likeness (QED) is 0.738. The van der Waals surface area contributed by atoms with Gasteiger partial charge in [0.15, 0.2) is 0 Å². The first-order chi connectivity index (χ1) is 7.30. The zero-order chi connectivity index (χ0) is 10.3. The van der Waals surface area contributed by atoms with Crippen molar-refractivity contribution in [2.45, 2.75) is 43.3 Å². The van der Waals surface area contributed by atoms with Gasteiger partial charge in [-0.3, -0.25) is 0 Å². The molecule has 0 aliphatic heterocycles. The average Bonchev–Trinajstić information content (AvgIpc) is 2.15. The summed E-state index contributed by atoms with van der Waals surface area (Å²) < 4.78 is 0.728. The van der Waals surface area contributed by atoms with Gasteiger partial charge >= 0.3 is 0 Å². The summed E-state index contributed by atoms with van der Waals surface area (Å²) in [5.74, 6) is 4.65. The van der Waals surface area contributed by atoms with Crippen molar-refractivity contribution in [1.29, 1.82) is 0 Å². The number of nitrogens with one attached hydrogen (secondary N) is 1. The van der Waals surface area contributed by atoms with E-state index in [4.69, 9.17) is 0 Å². The van der Waals surface area contributed by atoms with E-state index in [1.807, 2.05) is 0 Å². The van der Waals surface area contributed by atoms with Crippen molar-refractivity contribution in [1.82, 2.24) is 5.32 Å². The van der Waals surface area contributed by atoms with Crippen LogP contribution in [0.15, 0.2) is 0 Å². The fraction of sp³-hybridized carbons (Fsp3) is 1.00. The summed E-state index contributed by atoms with van der Waals surface area (Å²) in [5.41, 5.74) is 0. The van der Waals surface area contributed by atoms with Crippen LogP contribution < -0.4 is 5.32 Å². The lowest BCUT2D eigenvalue weighted by atomic mass is 9.56. The predicted octanol–water partition coefficient (Wildman–Crippen LogP) is 2.91. The zero-order valence-electron chi connectivity index (χ0n) is 9.80. The van der Waals surface area contributed by atoms with Gasteiger partial charge in [0.2, 0.25) is 0 Å². The van der Waals surface area contributed by atoms with Gasteiger partial charge in [-0.25, -0.2) is 0 Å². The highest BCUT2D eigenvalue weighted by Gasteiger charge is 2.50. The van der Waals surface area contributed by atoms with Crippen LogP contribution in [0.2, 0.25) is 0 Å². The highest BCUT2D eigenvalue weighted by molar-refractivity contribution is 8.00. The maximum Gasteiger partial charge on any atom is 0.0168 e. The molecular formula is C13H23NS. The molecule has 86 valence electrons. The first-order valence-electron chi connectivity index (χ1n) is 6.58. The fourth-order valence-electron chi connectivity index (χ4n) is 4.58. The minimum Gasteiger partial charge on any atom is -0.319 e. The topological polar surface area (TPSA) is 12.0 Å². The van der Waals surface area contributed by atoms with E-state index < -0.39 is 0 Å². The summed E-state index contributed by atoms with van der Waals surface area (Å²) in [4.78, 5) is 0. The fourth-order valence-corrected chi connectivity index (χ4v) is 6.38. The standard InChI is InChI=1S/C13H23NS/c1-14-2-3-15-13-7-10-4-11(8-13)6-12(5-10)9-13/h10-12,14H,2-9H2,1H3. The van der Waals surface area contributed by atoms with Crippen molar-refractivity contribution < 1.29 is 0 Å². The Morgan fingerprint density at radius 2 is 1.60 bits per heavy atom. The molecule has 1 nitrogen and oxygen atoms in total. The summed E-state index contributed by atoms with van der Waals surface area (Å²) in [6.07, 6.45) is 9.37. The van der Waals surface area contributed by atoms with E-state index in [0.29, 0.717) is 0 Å². The van der Waals surface area contributed by atoms with Crippen LogP contribution in [-0.2, 0) is 0 Å². The Kier molecular flexibility index (Phi) is 2.76. The third kappa shape index (κ3) is 1.95. The molecule has 0 unspecified atom stereocenters. The second-order valence-corrected chi connectivity index (χ2v) is 7.62. The molecule has 4 fully saturated rings. The summed E-state index contributed by atoms with van der Waals surface area (Å²) >= 11 is 2.30. The lowest BCUT2D eigenvalue weighted by molar-refractivity contribution is 0.0383. The second-order valence-electron chi connectivity index (χ2n) is 6.05. The molecule has 4 rings (SSSR count). The van der Waals surface area contributed by atoms with Crippen LogP contribution in [0.4, 0.5) is 0 Å². The molecular weight excluding hydrogens is 202 g/mol. The SMILES string of the molecule is CNCCSC12CC3CC(CC(C3)C1)C2. The van der Waals surface area contributed by atoms with Crippen molar-refractivity contribution in [2.75, 3.05) is 19.3 Å². The molecule has 0 spiro atoms. The monoisotopic (exact) mass is 225 g/mol. The highest BCUT2D eigenvalue weighted by Crippen LogP contribution is 2.60. The van der Waals surface area contributed by atoms with Crippen LogP contribution in [0.5, 0.6) is 0 Å². The molecule has 0 saturated heterocycles. The molecule has 4 aliphatic rings. The average molecular weight is 225 g/mol. The Balaban J connectivity index is 1.65. The summed E-state index contributed by atoms with van der Waals surface area (Å²) in [5, 5.41) is 3.28. The van der Waals surface area contributed by atoms with Crippen molar-refractivity contribution in [3.8, 4) is 0 Å². The molecule has 15 heavy (non-hydrogen) atoms. The summed E-state index contributed by atoms with van der Waals surface area (Å²) in [6.45, 7) is 1.19. The van der Waals surface area contributed by atoms with Crippen molar-refractivity contribution in [3.63, 3.8) is 0 Å². The van der Waals surface area contributed by atoms with Gasteiger partial charge in [-0.1, -0.05) is 0 Å². The number of rotatable bonds is 4. The largest absolute Gasteiger partial charge is 0.319 e. The highest BCUT2D eigenvalue weighted by atomic mass is 32.2. The Morgan fingerprint density at radius 3 is 2.07 bits per heavy atom. The maximum atomic E-state index is 3.28. The van der Waals surface area contributed by atoms with Crippen LogP contribution in [0.3, 0.4) is 0 Å². The van der Waals surface area contributed by atoms with Gasteiger partial charge in [0.1, 0.15) is 0 Å². The molecule has 1 N–H and O–H groups in total. The molecule has 0 amide bonds. The molecule has 4 saturated carbocycles. The smallest absolute Gasteiger partial charge is 0.0168 e. The third-order valence-electron chi connectivity index (χ3n) is 4.74. The Bertz CT molecular complexity index is 203. The van der Waals surface area contributed by atoms with Gasteiger partial charge in [0, 0.05) is 17.0 Å². The van der Waals surface area contributed by atoms with E-state index in [0.717, 1.165) is 22.5 Å². The molecule has 0 aromatic rings. The van der Waals surface area contributed by atoms with Crippen LogP contribution in [-0.4, -0.2) is 24.1 Å². The second kappa shape index (κ2) is 3.96. The van der Waals surface area contributed by atoms with E-state index in [-0.39, 0.29) is 0 Å². The van der Waals surface area contributed by atoms with Crippen molar-refractivity contribution in [3.05, 3.63) is 0 Å². The molecule has 0 aromatic carbocycles. The van der Waals surface area contributed by atoms with E-state index in [9.17, 15) is 0 Å². The lowest BCUT2D eigenvalue weighted by Crippen LogP contribution is -2.48. The number of hydrogen-bond acceptors (Lipinski definition) is 2. The van der Waals surface area contributed by atoms with Gasteiger partial charge < -0.3 is 5.32 Å². The number of hydrogen-bond donors (Lipinski definition) is 1. The van der Waals surface area contributed by atoms with Crippen molar-refractivity contribution >= 4 is 11.8 Å². The normalized spacial score (nSPS) is 47.4. The minimum atomic E-state index is 0.728. The molecule has 4 aliphatic carbocycles. The van der Waals surface area contributed by atoms with Gasteiger partial charge in [0.05, 0.1) is 0 Å². The van der Waals surface area contributed by atoms with Gasteiger partial charge in [-0.05, 0) is 63.3 Å². The Morgan fingerprint density at radius 1 is 1.07 bits per heavy atom. The molecule has 0 radical (unpaired) electrons. The molecule has 2 heteroatoms. The molecule has 4 bridgehead atoms. The van der Waals surface area contributed by atoms with Crippen LogP contribution in [0.25, 0.3) is 0 Å². The predicted molar refractivity (Wildman–Crippen MR) is 67.3 cm³/mol.